The molecule has 136 valence electrons. The van der Waals surface area contributed by atoms with Gasteiger partial charge in [-0.2, -0.15) is 0 Å². The zero-order valence-corrected chi connectivity index (χ0v) is 14.8. The molecular formula is C21H22F2N2O. The summed E-state index contributed by atoms with van der Waals surface area (Å²) in [5.41, 5.74) is 4.39. The molecule has 1 unspecified atom stereocenters. The summed E-state index contributed by atoms with van der Waals surface area (Å²) < 4.78 is 28.9. The number of hydrogen-bond donors (Lipinski definition) is 0. The standard InChI is InChI=1S/C21H22F2N2O/c1-14-18-12-24-13-25(18)17(20(14)16-5-3-2-4-6-16)11-19(26)15-7-9-21(22,23)10-8-15/h2-6,12-13,15,17H,7-11H2,1H3. The van der Waals surface area contributed by atoms with E-state index >= 15 is 0 Å². The zero-order chi connectivity index (χ0) is 18.3. The van der Waals surface area contributed by atoms with Gasteiger partial charge in [-0.1, -0.05) is 30.3 Å². The average Bonchev–Trinajstić information content (AvgIpc) is 3.19. The molecule has 0 spiro atoms. The first-order valence-corrected chi connectivity index (χ1v) is 9.15. The lowest BCUT2D eigenvalue weighted by Gasteiger charge is -2.28. The first-order valence-electron chi connectivity index (χ1n) is 9.15. The van der Waals surface area contributed by atoms with Crippen LogP contribution in [0.4, 0.5) is 8.78 Å². The molecule has 1 aliphatic carbocycles. The number of allylic oxidation sites excluding steroid dienone is 2. The molecule has 1 aromatic heterocycles. The van der Waals surface area contributed by atoms with Crippen LogP contribution in [0.1, 0.15) is 56.3 Å². The number of alkyl halides is 2. The fourth-order valence-electron chi connectivity index (χ4n) is 4.32. The molecule has 1 fully saturated rings. The molecule has 0 saturated heterocycles. The topological polar surface area (TPSA) is 34.9 Å². The maximum Gasteiger partial charge on any atom is 0.248 e. The quantitative estimate of drug-likeness (QED) is 0.759. The summed E-state index contributed by atoms with van der Waals surface area (Å²) in [6, 6.07) is 9.95. The van der Waals surface area contributed by atoms with E-state index < -0.39 is 5.92 Å². The highest BCUT2D eigenvalue weighted by molar-refractivity contribution is 5.96. The number of fused-ring (bicyclic) bond motifs is 1. The van der Waals surface area contributed by atoms with Crippen LogP contribution in [0.15, 0.2) is 42.9 Å². The van der Waals surface area contributed by atoms with Crippen LogP contribution in [0.25, 0.3) is 11.1 Å². The van der Waals surface area contributed by atoms with Crippen molar-refractivity contribution in [2.75, 3.05) is 0 Å². The highest BCUT2D eigenvalue weighted by Gasteiger charge is 2.39. The van der Waals surface area contributed by atoms with E-state index in [0.29, 0.717) is 19.3 Å². The average molecular weight is 356 g/mol. The number of carbonyl (C=O) groups is 1. The molecule has 2 aliphatic rings. The third kappa shape index (κ3) is 3.00. The van der Waals surface area contributed by atoms with Crippen LogP contribution in [0, 0.1) is 5.92 Å². The Morgan fingerprint density at radius 1 is 1.23 bits per heavy atom. The van der Waals surface area contributed by atoms with Gasteiger partial charge >= 0.3 is 0 Å². The Morgan fingerprint density at radius 2 is 1.92 bits per heavy atom. The molecular weight excluding hydrogens is 334 g/mol. The Balaban J connectivity index is 1.59. The van der Waals surface area contributed by atoms with E-state index in [0.717, 1.165) is 22.4 Å². The van der Waals surface area contributed by atoms with Crippen molar-refractivity contribution < 1.29 is 13.6 Å². The molecule has 1 aromatic carbocycles. The van der Waals surface area contributed by atoms with Crippen molar-refractivity contribution in [3.63, 3.8) is 0 Å². The summed E-state index contributed by atoms with van der Waals surface area (Å²) in [6.45, 7) is 2.06. The van der Waals surface area contributed by atoms with Crippen molar-refractivity contribution in [2.45, 2.75) is 51.0 Å². The minimum atomic E-state index is -2.60. The fraction of sp³-hybridized carbons (Fsp3) is 0.429. The predicted molar refractivity (Wildman–Crippen MR) is 96.7 cm³/mol. The van der Waals surface area contributed by atoms with E-state index in [1.165, 1.54) is 0 Å². The van der Waals surface area contributed by atoms with Crippen molar-refractivity contribution in [2.24, 2.45) is 5.92 Å². The van der Waals surface area contributed by atoms with Crippen LogP contribution >= 0.6 is 0 Å². The van der Waals surface area contributed by atoms with Gasteiger partial charge in [-0.05, 0) is 36.5 Å². The Labute approximate surface area is 151 Å². The fourth-order valence-corrected chi connectivity index (χ4v) is 4.32. The lowest BCUT2D eigenvalue weighted by molar-refractivity contribution is -0.127. The maximum atomic E-state index is 13.4. The molecule has 5 heteroatoms. The zero-order valence-electron chi connectivity index (χ0n) is 14.8. The normalized spacial score (nSPS) is 22.5. The van der Waals surface area contributed by atoms with Gasteiger partial charge in [0, 0.05) is 25.2 Å². The molecule has 0 radical (unpaired) electrons. The molecule has 0 amide bonds. The van der Waals surface area contributed by atoms with Gasteiger partial charge < -0.3 is 4.57 Å². The predicted octanol–water partition coefficient (Wildman–Crippen LogP) is 5.15. The molecule has 3 nitrogen and oxygen atoms in total. The van der Waals surface area contributed by atoms with E-state index in [4.69, 9.17) is 0 Å². The monoisotopic (exact) mass is 356 g/mol. The number of imidazole rings is 1. The first-order chi connectivity index (χ1) is 12.5. The molecule has 0 N–H and O–H groups in total. The van der Waals surface area contributed by atoms with Gasteiger partial charge in [0.25, 0.3) is 0 Å². The van der Waals surface area contributed by atoms with Crippen molar-refractivity contribution >= 4 is 16.9 Å². The number of ketones is 1. The van der Waals surface area contributed by atoms with E-state index in [2.05, 4.69) is 24.0 Å². The van der Waals surface area contributed by atoms with Crippen molar-refractivity contribution in [1.29, 1.82) is 0 Å². The van der Waals surface area contributed by atoms with Crippen molar-refractivity contribution in [3.8, 4) is 0 Å². The number of halogens is 2. The number of nitrogens with zero attached hydrogens (tertiary/aromatic N) is 2. The summed E-state index contributed by atoms with van der Waals surface area (Å²) in [5, 5.41) is 0. The van der Waals surface area contributed by atoms with Gasteiger partial charge in [0.05, 0.1) is 24.3 Å². The molecule has 26 heavy (non-hydrogen) atoms. The van der Waals surface area contributed by atoms with Gasteiger partial charge in [0.15, 0.2) is 0 Å². The molecule has 0 bridgehead atoms. The summed E-state index contributed by atoms with van der Waals surface area (Å²) in [7, 11) is 0. The Morgan fingerprint density at radius 3 is 2.62 bits per heavy atom. The van der Waals surface area contributed by atoms with E-state index in [1.54, 1.807) is 6.33 Å². The van der Waals surface area contributed by atoms with Gasteiger partial charge in [0.2, 0.25) is 5.92 Å². The van der Waals surface area contributed by atoms with Crippen molar-refractivity contribution in [1.82, 2.24) is 9.55 Å². The number of benzene rings is 1. The number of rotatable bonds is 4. The highest BCUT2D eigenvalue weighted by Crippen LogP contribution is 2.45. The Kier molecular flexibility index (Phi) is 4.25. The lowest BCUT2D eigenvalue weighted by atomic mass is 9.81. The number of hydrogen-bond acceptors (Lipinski definition) is 2. The highest BCUT2D eigenvalue weighted by atomic mass is 19.3. The van der Waals surface area contributed by atoms with E-state index in [9.17, 15) is 13.6 Å². The van der Waals surface area contributed by atoms with Crippen LogP contribution in [0.5, 0.6) is 0 Å². The second-order valence-corrected chi connectivity index (χ2v) is 7.41. The Hall–Kier alpha value is -2.30. The number of aromatic nitrogens is 2. The van der Waals surface area contributed by atoms with Crippen molar-refractivity contribution in [3.05, 3.63) is 54.1 Å². The van der Waals surface area contributed by atoms with Gasteiger partial charge in [-0.25, -0.2) is 13.8 Å². The largest absolute Gasteiger partial charge is 0.323 e. The van der Waals surface area contributed by atoms with Crippen LogP contribution in [-0.2, 0) is 4.79 Å². The smallest absolute Gasteiger partial charge is 0.248 e. The summed E-state index contributed by atoms with van der Waals surface area (Å²) in [6.07, 6.45) is 4.15. The molecule has 1 aliphatic heterocycles. The summed E-state index contributed by atoms with van der Waals surface area (Å²) in [4.78, 5) is 17.1. The maximum absolute atomic E-state index is 13.4. The molecule has 4 rings (SSSR count). The first kappa shape index (κ1) is 17.1. The molecule has 1 atom stereocenters. The third-order valence-electron chi connectivity index (χ3n) is 5.78. The van der Waals surface area contributed by atoms with Crippen LogP contribution in [0.3, 0.4) is 0 Å². The van der Waals surface area contributed by atoms with Gasteiger partial charge in [-0.15, -0.1) is 0 Å². The number of Topliss-reactive ketones (excluding diaryl/α,β-unsaturated/α-hetero) is 1. The molecule has 1 saturated carbocycles. The molecule has 2 heterocycles. The number of carbonyl (C=O) groups excluding carboxylic acids is 1. The second-order valence-electron chi connectivity index (χ2n) is 7.41. The van der Waals surface area contributed by atoms with Gasteiger partial charge in [-0.3, -0.25) is 4.79 Å². The van der Waals surface area contributed by atoms with Crippen LogP contribution in [0.2, 0.25) is 0 Å². The molecule has 2 aromatic rings. The minimum absolute atomic E-state index is 0.0910. The van der Waals surface area contributed by atoms with E-state index in [-0.39, 0.29) is 30.6 Å². The second kappa shape index (κ2) is 6.45. The van der Waals surface area contributed by atoms with E-state index in [1.807, 2.05) is 29.0 Å². The SMILES string of the molecule is CC1=C(c2ccccc2)C(CC(=O)C2CCC(F)(F)CC2)n2cncc21. The third-order valence-corrected chi connectivity index (χ3v) is 5.78. The lowest BCUT2D eigenvalue weighted by Crippen LogP contribution is -2.29. The summed E-state index contributed by atoms with van der Waals surface area (Å²) >= 11 is 0. The summed E-state index contributed by atoms with van der Waals surface area (Å²) in [5.74, 6) is -2.76. The van der Waals surface area contributed by atoms with Crippen LogP contribution in [-0.4, -0.2) is 21.3 Å². The minimum Gasteiger partial charge on any atom is -0.323 e. The van der Waals surface area contributed by atoms with Crippen LogP contribution < -0.4 is 0 Å². The Bertz CT molecular complexity index is 844. The van der Waals surface area contributed by atoms with Gasteiger partial charge in [0.1, 0.15) is 5.78 Å².